The highest BCUT2D eigenvalue weighted by Gasteiger charge is 2.25. The highest BCUT2D eigenvalue weighted by molar-refractivity contribution is 7.80. The van der Waals surface area contributed by atoms with E-state index in [-0.39, 0.29) is 11.9 Å². The Kier molecular flexibility index (Phi) is 6.21. The predicted octanol–water partition coefficient (Wildman–Crippen LogP) is 3.60. The van der Waals surface area contributed by atoms with Crippen LogP contribution in [0, 0.1) is 0 Å². The van der Waals surface area contributed by atoms with Gasteiger partial charge < -0.3 is 16.0 Å². The zero-order valence-electron chi connectivity index (χ0n) is 16.6. The van der Waals surface area contributed by atoms with Gasteiger partial charge in [-0.05, 0) is 61.6 Å². The van der Waals surface area contributed by atoms with Crippen LogP contribution in [0.25, 0.3) is 0 Å². The number of carbonyl (C=O) groups excluding carboxylic acids is 1. The Morgan fingerprint density at radius 3 is 2.76 bits per heavy atom. The first-order valence-electron chi connectivity index (χ1n) is 10.4. The lowest BCUT2D eigenvalue weighted by molar-refractivity contribution is -0.132. The quantitative estimate of drug-likeness (QED) is 0.411. The molecule has 1 atom stereocenters. The van der Waals surface area contributed by atoms with Crippen molar-refractivity contribution in [3.8, 4) is 0 Å². The third kappa shape index (κ3) is 4.65. The molecule has 2 aliphatic heterocycles. The van der Waals surface area contributed by atoms with E-state index in [1.54, 1.807) is 0 Å². The number of benzene rings is 2. The summed E-state index contributed by atoms with van der Waals surface area (Å²) in [5.74, 6) is 0.688. The number of nitrogens with two attached hydrogens (primary N) is 1. The van der Waals surface area contributed by atoms with Gasteiger partial charge in [0.1, 0.15) is 5.84 Å². The summed E-state index contributed by atoms with van der Waals surface area (Å²) in [6.07, 6.45) is 4.92. The molecule has 0 aromatic heterocycles. The lowest BCUT2D eigenvalue weighted by Crippen LogP contribution is -2.39. The number of fused-ring (bicyclic) bond motifs is 1. The fourth-order valence-corrected chi connectivity index (χ4v) is 4.49. The molecule has 0 radical (unpaired) electrons. The minimum Gasteiger partial charge on any atom is -0.383 e. The van der Waals surface area contributed by atoms with E-state index in [4.69, 9.17) is 5.73 Å². The molecule has 2 aromatic rings. The van der Waals surface area contributed by atoms with Gasteiger partial charge in [0, 0.05) is 36.0 Å². The summed E-state index contributed by atoms with van der Waals surface area (Å²) < 4.78 is 0. The summed E-state index contributed by atoms with van der Waals surface area (Å²) in [4.78, 5) is 20.2. The Balaban J connectivity index is 1.56. The van der Waals surface area contributed by atoms with Crippen molar-refractivity contribution < 1.29 is 4.79 Å². The largest absolute Gasteiger partial charge is 0.383 e. The van der Waals surface area contributed by atoms with E-state index in [1.165, 1.54) is 12.0 Å². The smallest absolute Gasteiger partial charge is 0.224 e. The predicted molar refractivity (Wildman–Crippen MR) is 120 cm³/mol. The van der Waals surface area contributed by atoms with Crippen LogP contribution in [0.4, 0.5) is 5.69 Å². The van der Waals surface area contributed by atoms with E-state index in [1.807, 2.05) is 35.2 Å². The van der Waals surface area contributed by atoms with E-state index in [0.29, 0.717) is 12.3 Å². The van der Waals surface area contributed by atoms with Crippen LogP contribution in [0.5, 0.6) is 0 Å². The Morgan fingerprint density at radius 1 is 1.17 bits per heavy atom. The maximum absolute atomic E-state index is 12.8. The van der Waals surface area contributed by atoms with Gasteiger partial charge in [-0.3, -0.25) is 4.79 Å². The molecule has 2 aromatic carbocycles. The second kappa shape index (κ2) is 9.01. The van der Waals surface area contributed by atoms with Gasteiger partial charge in [0.25, 0.3) is 0 Å². The normalized spacial score (nSPS) is 19.7. The van der Waals surface area contributed by atoms with Crippen molar-refractivity contribution in [2.75, 3.05) is 19.6 Å². The van der Waals surface area contributed by atoms with Gasteiger partial charge in [-0.2, -0.15) is 0 Å². The molecule has 4 rings (SSSR count). The van der Waals surface area contributed by atoms with Gasteiger partial charge in [-0.1, -0.05) is 24.3 Å². The van der Waals surface area contributed by atoms with Crippen molar-refractivity contribution in [1.82, 2.24) is 10.2 Å². The minimum atomic E-state index is 0.0294. The van der Waals surface area contributed by atoms with Crippen molar-refractivity contribution in [1.29, 1.82) is 0 Å². The fraction of sp³-hybridized carbons (Fsp3) is 0.391. The highest BCUT2D eigenvalue weighted by atomic mass is 32.1. The molecule has 0 saturated carbocycles. The van der Waals surface area contributed by atoms with Crippen LogP contribution in [0.3, 0.4) is 0 Å². The molecule has 29 heavy (non-hydrogen) atoms. The first-order chi connectivity index (χ1) is 14.1. The van der Waals surface area contributed by atoms with Gasteiger partial charge in [-0.15, -0.1) is 12.6 Å². The lowest BCUT2D eigenvalue weighted by atomic mass is 9.91. The van der Waals surface area contributed by atoms with E-state index in [9.17, 15) is 4.79 Å². The first kappa shape index (κ1) is 20.0. The van der Waals surface area contributed by atoms with E-state index in [2.05, 4.69) is 35.1 Å². The number of thiol groups is 1. The molecule has 152 valence electrons. The minimum absolute atomic E-state index is 0.0294. The molecule has 2 heterocycles. The molecule has 2 aliphatic rings. The average molecular weight is 409 g/mol. The molecular weight excluding hydrogens is 380 g/mol. The van der Waals surface area contributed by atoms with Crippen LogP contribution in [-0.2, 0) is 11.2 Å². The van der Waals surface area contributed by atoms with Crippen LogP contribution >= 0.6 is 12.6 Å². The molecule has 1 saturated heterocycles. The topological polar surface area (TPSA) is 70.7 Å². The molecule has 3 N–H and O–H groups in total. The maximum Gasteiger partial charge on any atom is 0.224 e. The highest BCUT2D eigenvalue weighted by Crippen LogP contribution is 2.30. The van der Waals surface area contributed by atoms with Crippen molar-refractivity contribution in [3.05, 3.63) is 59.2 Å². The molecule has 1 unspecified atom stereocenters. The Hall–Kier alpha value is -2.31. The van der Waals surface area contributed by atoms with Crippen LogP contribution < -0.4 is 11.1 Å². The van der Waals surface area contributed by atoms with Crippen molar-refractivity contribution in [2.24, 2.45) is 10.7 Å². The van der Waals surface area contributed by atoms with Gasteiger partial charge in [0.2, 0.25) is 5.91 Å². The number of hydrogen-bond acceptors (Lipinski definition) is 4. The molecule has 6 heteroatoms. The van der Waals surface area contributed by atoms with Gasteiger partial charge in [0.15, 0.2) is 0 Å². The average Bonchev–Trinajstić information content (AvgIpc) is 2.75. The first-order valence-corrected chi connectivity index (χ1v) is 10.8. The molecule has 0 aliphatic carbocycles. The SMILES string of the molecule is NC(=Nc1ccc2c(c1)C(CC(=O)N1CCCCC1)NCC2)c1ccccc1S. The van der Waals surface area contributed by atoms with Crippen LogP contribution in [0.15, 0.2) is 52.4 Å². The van der Waals surface area contributed by atoms with Crippen molar-refractivity contribution in [2.45, 2.75) is 43.0 Å². The Bertz CT molecular complexity index is 921. The number of piperidine rings is 1. The number of carbonyl (C=O) groups is 1. The summed E-state index contributed by atoms with van der Waals surface area (Å²) >= 11 is 4.47. The zero-order valence-corrected chi connectivity index (χ0v) is 17.5. The second-order valence-corrected chi connectivity index (χ2v) is 8.28. The van der Waals surface area contributed by atoms with Crippen molar-refractivity contribution in [3.63, 3.8) is 0 Å². The number of amidine groups is 1. The van der Waals surface area contributed by atoms with E-state index in [0.717, 1.165) is 60.6 Å². The molecular formula is C23H28N4OS. The number of rotatable bonds is 4. The molecule has 1 amide bonds. The third-order valence-electron chi connectivity index (χ3n) is 5.81. The molecule has 0 bridgehead atoms. The van der Waals surface area contributed by atoms with Crippen LogP contribution in [-0.4, -0.2) is 36.3 Å². The number of amides is 1. The summed E-state index contributed by atoms with van der Waals surface area (Å²) in [7, 11) is 0. The van der Waals surface area contributed by atoms with Gasteiger partial charge in [0.05, 0.1) is 5.69 Å². The monoisotopic (exact) mass is 408 g/mol. The van der Waals surface area contributed by atoms with Crippen molar-refractivity contribution >= 4 is 30.1 Å². The Morgan fingerprint density at radius 2 is 1.97 bits per heavy atom. The lowest BCUT2D eigenvalue weighted by Gasteiger charge is -2.31. The summed E-state index contributed by atoms with van der Waals surface area (Å²) in [6.45, 7) is 2.67. The maximum atomic E-state index is 12.8. The second-order valence-electron chi connectivity index (χ2n) is 7.80. The Labute approximate surface area is 177 Å². The summed E-state index contributed by atoms with van der Waals surface area (Å²) in [5.41, 5.74) is 10.3. The molecule has 1 fully saturated rings. The van der Waals surface area contributed by atoms with Crippen LogP contribution in [0.1, 0.15) is 48.4 Å². The number of hydrogen-bond donors (Lipinski definition) is 3. The zero-order chi connectivity index (χ0) is 20.2. The number of likely N-dealkylation sites (tertiary alicyclic amines) is 1. The summed E-state index contributed by atoms with van der Waals surface area (Å²) in [5, 5.41) is 3.53. The summed E-state index contributed by atoms with van der Waals surface area (Å²) in [6, 6.07) is 13.9. The van der Waals surface area contributed by atoms with Crippen LogP contribution in [0.2, 0.25) is 0 Å². The van der Waals surface area contributed by atoms with E-state index < -0.39 is 0 Å². The van der Waals surface area contributed by atoms with Gasteiger partial charge >= 0.3 is 0 Å². The standard InChI is InChI=1S/C23H28N4OS/c24-23(18-6-2-3-7-21(18)29)26-17-9-8-16-10-11-25-20(19(16)14-17)15-22(28)27-12-4-1-5-13-27/h2-3,6-9,14,20,25,29H,1,4-5,10-13,15H2,(H2,24,26). The molecule has 5 nitrogen and oxygen atoms in total. The third-order valence-corrected chi connectivity index (χ3v) is 6.20. The fourth-order valence-electron chi connectivity index (χ4n) is 4.21. The number of aliphatic imine (C=N–C) groups is 1. The number of nitrogens with zero attached hydrogens (tertiary/aromatic N) is 2. The van der Waals surface area contributed by atoms with Gasteiger partial charge in [-0.25, -0.2) is 4.99 Å². The number of nitrogens with one attached hydrogen (secondary N) is 1. The molecule has 0 spiro atoms. The van der Waals surface area contributed by atoms with E-state index >= 15 is 0 Å².